The fourth-order valence-electron chi connectivity index (χ4n) is 2.55. The summed E-state index contributed by atoms with van der Waals surface area (Å²) in [7, 11) is 0. The van der Waals surface area contributed by atoms with Gasteiger partial charge >= 0.3 is 0 Å². The smallest absolute Gasteiger partial charge is 0.251 e. The van der Waals surface area contributed by atoms with Crippen molar-refractivity contribution in [3.05, 3.63) is 29.8 Å². The van der Waals surface area contributed by atoms with Gasteiger partial charge in [-0.3, -0.25) is 4.79 Å². The molecule has 1 aromatic rings. The summed E-state index contributed by atoms with van der Waals surface area (Å²) in [5.41, 5.74) is 0.281. The average molecular weight is 280 g/mol. The van der Waals surface area contributed by atoms with Crippen molar-refractivity contribution < 1.29 is 13.9 Å². The molecule has 0 radical (unpaired) electrons. The van der Waals surface area contributed by atoms with Gasteiger partial charge in [-0.25, -0.2) is 4.98 Å². The molecule has 1 aromatic heterocycles. The van der Waals surface area contributed by atoms with Crippen LogP contribution in [0, 0.1) is 11.9 Å². The Balaban J connectivity index is 1.69. The molecule has 1 N–H and O–H groups in total. The van der Waals surface area contributed by atoms with Gasteiger partial charge in [0.1, 0.15) is 0 Å². The van der Waals surface area contributed by atoms with Crippen LogP contribution in [0.1, 0.15) is 43.0 Å². The Labute approximate surface area is 118 Å². The van der Waals surface area contributed by atoms with E-state index in [1.807, 2.05) is 0 Å². The highest BCUT2D eigenvalue weighted by molar-refractivity contribution is 5.93. The molecule has 0 bridgehead atoms. The number of carbonyl (C=O) groups excluding carboxylic acids is 1. The number of hydrogen-bond acceptors (Lipinski definition) is 3. The third-order valence-corrected chi connectivity index (χ3v) is 3.74. The number of amides is 1. The maximum Gasteiger partial charge on any atom is 0.251 e. The zero-order valence-corrected chi connectivity index (χ0v) is 11.8. The molecule has 5 heteroatoms. The van der Waals surface area contributed by atoms with Gasteiger partial charge in [0, 0.05) is 24.4 Å². The predicted molar refractivity (Wildman–Crippen MR) is 73.9 cm³/mol. The number of pyridine rings is 1. The van der Waals surface area contributed by atoms with E-state index >= 15 is 0 Å². The average Bonchev–Trinajstić information content (AvgIpc) is 2.45. The third kappa shape index (κ3) is 4.27. The first kappa shape index (κ1) is 14.9. The van der Waals surface area contributed by atoms with Gasteiger partial charge in [0.25, 0.3) is 5.91 Å². The lowest BCUT2D eigenvalue weighted by atomic mass is 9.88. The maximum absolute atomic E-state index is 12.9. The van der Waals surface area contributed by atoms with Crippen LogP contribution in [0.3, 0.4) is 0 Å². The van der Waals surface area contributed by atoms with Gasteiger partial charge in [-0.1, -0.05) is 19.8 Å². The lowest BCUT2D eigenvalue weighted by molar-refractivity contribution is -0.00293. The molecule has 1 aliphatic carbocycles. The summed E-state index contributed by atoms with van der Waals surface area (Å²) >= 11 is 0. The molecular weight excluding hydrogens is 259 g/mol. The van der Waals surface area contributed by atoms with Crippen molar-refractivity contribution in [1.82, 2.24) is 10.3 Å². The topological polar surface area (TPSA) is 51.2 Å². The Morgan fingerprint density at radius 3 is 3.05 bits per heavy atom. The van der Waals surface area contributed by atoms with Crippen molar-refractivity contribution in [1.29, 1.82) is 0 Å². The summed E-state index contributed by atoms with van der Waals surface area (Å²) in [4.78, 5) is 15.2. The summed E-state index contributed by atoms with van der Waals surface area (Å²) < 4.78 is 18.7. The quantitative estimate of drug-likeness (QED) is 0.666. The zero-order chi connectivity index (χ0) is 14.4. The Hall–Kier alpha value is -1.49. The number of carbonyl (C=O) groups is 1. The Kier molecular flexibility index (Phi) is 5.47. The number of hydrogen-bond donors (Lipinski definition) is 1. The van der Waals surface area contributed by atoms with Crippen LogP contribution < -0.4 is 5.32 Å². The minimum atomic E-state index is -0.648. The molecule has 2 unspecified atom stereocenters. The van der Waals surface area contributed by atoms with Crippen LogP contribution in [0.4, 0.5) is 4.39 Å². The number of halogens is 1. The third-order valence-electron chi connectivity index (χ3n) is 3.74. The SMILES string of the molecule is CC1CCCCC1OCCNC(=O)c1ccnc(F)c1. The number of aromatic nitrogens is 1. The largest absolute Gasteiger partial charge is 0.376 e. The lowest BCUT2D eigenvalue weighted by Gasteiger charge is -2.28. The van der Waals surface area contributed by atoms with Gasteiger partial charge in [0.2, 0.25) is 5.95 Å². The Morgan fingerprint density at radius 1 is 1.50 bits per heavy atom. The first-order chi connectivity index (χ1) is 9.66. The van der Waals surface area contributed by atoms with Crippen LogP contribution in [0.5, 0.6) is 0 Å². The number of nitrogens with zero attached hydrogens (tertiary/aromatic N) is 1. The molecule has 1 heterocycles. The van der Waals surface area contributed by atoms with E-state index in [1.54, 1.807) is 0 Å². The van der Waals surface area contributed by atoms with Crippen molar-refractivity contribution in [2.24, 2.45) is 5.92 Å². The minimum absolute atomic E-state index is 0.281. The summed E-state index contributed by atoms with van der Waals surface area (Å²) in [6, 6.07) is 2.61. The highest BCUT2D eigenvalue weighted by Gasteiger charge is 2.21. The van der Waals surface area contributed by atoms with Crippen molar-refractivity contribution in [2.45, 2.75) is 38.7 Å². The Morgan fingerprint density at radius 2 is 2.30 bits per heavy atom. The fraction of sp³-hybridized carbons (Fsp3) is 0.600. The first-order valence-electron chi connectivity index (χ1n) is 7.18. The highest BCUT2D eigenvalue weighted by atomic mass is 19.1. The molecule has 1 amide bonds. The first-order valence-corrected chi connectivity index (χ1v) is 7.18. The highest BCUT2D eigenvalue weighted by Crippen LogP contribution is 2.25. The second-order valence-corrected chi connectivity index (χ2v) is 5.29. The van der Waals surface area contributed by atoms with Gasteiger partial charge in [-0.05, 0) is 24.8 Å². The van der Waals surface area contributed by atoms with E-state index in [0.717, 1.165) is 12.5 Å². The van der Waals surface area contributed by atoms with Gasteiger partial charge in [-0.15, -0.1) is 0 Å². The normalized spacial score (nSPS) is 22.5. The van der Waals surface area contributed by atoms with E-state index in [9.17, 15) is 9.18 Å². The molecule has 20 heavy (non-hydrogen) atoms. The molecule has 0 saturated heterocycles. The van der Waals surface area contributed by atoms with E-state index in [1.165, 1.54) is 31.5 Å². The number of ether oxygens (including phenoxy) is 1. The Bertz CT molecular complexity index is 453. The van der Waals surface area contributed by atoms with Gasteiger partial charge in [0.15, 0.2) is 0 Å². The van der Waals surface area contributed by atoms with Crippen LogP contribution in [0.15, 0.2) is 18.3 Å². The molecule has 0 aliphatic heterocycles. The molecule has 1 aliphatic rings. The summed E-state index contributed by atoms with van der Waals surface area (Å²) in [6.07, 6.45) is 6.41. The van der Waals surface area contributed by atoms with E-state index in [-0.39, 0.29) is 11.5 Å². The number of nitrogens with one attached hydrogen (secondary N) is 1. The lowest BCUT2D eigenvalue weighted by Crippen LogP contribution is -2.31. The summed E-state index contributed by atoms with van der Waals surface area (Å²) in [6.45, 7) is 3.14. The van der Waals surface area contributed by atoms with Crippen molar-refractivity contribution in [2.75, 3.05) is 13.2 Å². The van der Waals surface area contributed by atoms with Crippen LogP contribution >= 0.6 is 0 Å². The van der Waals surface area contributed by atoms with Crippen molar-refractivity contribution in [3.8, 4) is 0 Å². The minimum Gasteiger partial charge on any atom is -0.376 e. The summed E-state index contributed by atoms with van der Waals surface area (Å²) in [5.74, 6) is -0.356. The molecular formula is C15H21FN2O2. The second-order valence-electron chi connectivity index (χ2n) is 5.29. The van der Waals surface area contributed by atoms with E-state index in [0.29, 0.717) is 25.2 Å². The van der Waals surface area contributed by atoms with E-state index < -0.39 is 5.95 Å². The van der Waals surface area contributed by atoms with Gasteiger partial charge in [0.05, 0.1) is 12.7 Å². The monoisotopic (exact) mass is 280 g/mol. The number of rotatable bonds is 5. The molecule has 0 aromatic carbocycles. The molecule has 4 nitrogen and oxygen atoms in total. The molecule has 1 fully saturated rings. The molecule has 2 atom stereocenters. The van der Waals surface area contributed by atoms with E-state index in [2.05, 4.69) is 17.2 Å². The maximum atomic E-state index is 12.9. The van der Waals surface area contributed by atoms with Crippen LogP contribution in [-0.4, -0.2) is 30.1 Å². The molecule has 0 spiro atoms. The van der Waals surface area contributed by atoms with Gasteiger partial charge in [-0.2, -0.15) is 4.39 Å². The molecule has 110 valence electrons. The van der Waals surface area contributed by atoms with Gasteiger partial charge < -0.3 is 10.1 Å². The summed E-state index contributed by atoms with van der Waals surface area (Å²) in [5, 5.41) is 2.72. The predicted octanol–water partition coefficient (Wildman–Crippen LogP) is 2.55. The van der Waals surface area contributed by atoms with Crippen LogP contribution in [-0.2, 0) is 4.74 Å². The fourth-order valence-corrected chi connectivity index (χ4v) is 2.55. The second kappa shape index (κ2) is 7.33. The van der Waals surface area contributed by atoms with E-state index in [4.69, 9.17) is 4.74 Å². The molecule has 1 saturated carbocycles. The standard InChI is InChI=1S/C15H21FN2O2/c1-11-4-2-3-5-13(11)20-9-8-18-15(19)12-6-7-17-14(16)10-12/h6-7,10-11,13H,2-5,8-9H2,1H3,(H,18,19). The van der Waals surface area contributed by atoms with Crippen LogP contribution in [0.2, 0.25) is 0 Å². The van der Waals surface area contributed by atoms with Crippen LogP contribution in [0.25, 0.3) is 0 Å². The van der Waals surface area contributed by atoms with Crippen molar-refractivity contribution in [3.63, 3.8) is 0 Å². The zero-order valence-electron chi connectivity index (χ0n) is 11.8. The molecule has 2 rings (SSSR count). The van der Waals surface area contributed by atoms with Crippen molar-refractivity contribution >= 4 is 5.91 Å².